The number of hydrogen-bond acceptors (Lipinski definition) is 2. The molecule has 0 aliphatic heterocycles. The molecular weight excluding hydrogens is 350 g/mol. The van der Waals surface area contributed by atoms with Crippen LogP contribution in [0, 0.1) is 6.92 Å². The van der Waals surface area contributed by atoms with Crippen molar-refractivity contribution in [3.05, 3.63) is 62.6 Å². The van der Waals surface area contributed by atoms with E-state index < -0.39 is 0 Å². The first-order chi connectivity index (χ1) is 10.1. The Balaban J connectivity index is 2.48. The van der Waals surface area contributed by atoms with Crippen LogP contribution in [0.1, 0.15) is 29.7 Å². The van der Waals surface area contributed by atoms with Gasteiger partial charge in [-0.05, 0) is 54.4 Å². The van der Waals surface area contributed by atoms with Crippen molar-refractivity contribution in [3.8, 4) is 5.75 Å². The van der Waals surface area contributed by atoms with Gasteiger partial charge in [-0.3, -0.25) is 0 Å². The fraction of sp³-hybridized carbons (Fsp3) is 0.294. The highest BCUT2D eigenvalue weighted by molar-refractivity contribution is 9.10. The van der Waals surface area contributed by atoms with Crippen LogP contribution in [0.5, 0.6) is 5.75 Å². The Hall–Kier alpha value is -1.03. The third-order valence-electron chi connectivity index (χ3n) is 3.47. The highest BCUT2D eigenvalue weighted by Gasteiger charge is 2.17. The molecule has 112 valence electrons. The molecule has 2 nitrogen and oxygen atoms in total. The van der Waals surface area contributed by atoms with Gasteiger partial charge in [0.05, 0.1) is 18.2 Å². The second-order valence-electron chi connectivity index (χ2n) is 4.89. The molecule has 1 unspecified atom stereocenters. The van der Waals surface area contributed by atoms with E-state index >= 15 is 0 Å². The molecule has 0 heterocycles. The molecule has 2 aromatic carbocycles. The normalized spacial score (nSPS) is 12.2. The number of rotatable bonds is 5. The van der Waals surface area contributed by atoms with E-state index in [1.165, 1.54) is 11.1 Å². The van der Waals surface area contributed by atoms with Crippen LogP contribution >= 0.6 is 27.5 Å². The first kappa shape index (κ1) is 16.3. The molecular formula is C17H19BrClNO. The van der Waals surface area contributed by atoms with Crippen LogP contribution in [-0.4, -0.2) is 13.7 Å². The lowest BCUT2D eigenvalue weighted by Crippen LogP contribution is -2.22. The molecule has 21 heavy (non-hydrogen) atoms. The SMILES string of the molecule is CCNC(c1ccc(OC)c(Cl)c1)c1cc(Br)ccc1C. The standard InChI is InChI=1S/C17H19BrClNO/c1-4-20-17(14-10-13(18)7-5-11(14)2)12-6-8-16(21-3)15(19)9-12/h5-10,17,20H,4H2,1-3H3. The van der Waals surface area contributed by atoms with Crippen LogP contribution in [0.4, 0.5) is 0 Å². The van der Waals surface area contributed by atoms with E-state index in [1.54, 1.807) is 7.11 Å². The monoisotopic (exact) mass is 367 g/mol. The number of aryl methyl sites for hydroxylation is 1. The second-order valence-corrected chi connectivity index (χ2v) is 6.21. The largest absolute Gasteiger partial charge is 0.495 e. The van der Waals surface area contributed by atoms with Gasteiger partial charge in [0.2, 0.25) is 0 Å². The van der Waals surface area contributed by atoms with Crippen molar-refractivity contribution in [2.75, 3.05) is 13.7 Å². The molecule has 0 aliphatic carbocycles. The Bertz CT molecular complexity index is 630. The Morgan fingerprint density at radius 1 is 1.24 bits per heavy atom. The molecule has 1 N–H and O–H groups in total. The number of benzene rings is 2. The van der Waals surface area contributed by atoms with Gasteiger partial charge in [-0.2, -0.15) is 0 Å². The van der Waals surface area contributed by atoms with Crippen molar-refractivity contribution in [2.45, 2.75) is 19.9 Å². The molecule has 0 radical (unpaired) electrons. The van der Waals surface area contributed by atoms with E-state index in [0.29, 0.717) is 10.8 Å². The Morgan fingerprint density at radius 2 is 2.00 bits per heavy atom. The third-order valence-corrected chi connectivity index (χ3v) is 4.26. The summed E-state index contributed by atoms with van der Waals surface area (Å²) < 4.78 is 6.30. The molecule has 0 aliphatic rings. The maximum Gasteiger partial charge on any atom is 0.137 e. The van der Waals surface area contributed by atoms with Crippen molar-refractivity contribution >= 4 is 27.5 Å². The maximum atomic E-state index is 6.27. The van der Waals surface area contributed by atoms with Crippen LogP contribution < -0.4 is 10.1 Å². The number of methoxy groups -OCH3 is 1. The summed E-state index contributed by atoms with van der Waals surface area (Å²) in [6.07, 6.45) is 0. The van der Waals surface area contributed by atoms with Gasteiger partial charge in [0, 0.05) is 4.47 Å². The van der Waals surface area contributed by atoms with Gasteiger partial charge in [0.25, 0.3) is 0 Å². The zero-order valence-electron chi connectivity index (χ0n) is 12.4. The smallest absolute Gasteiger partial charge is 0.137 e. The molecule has 2 rings (SSSR count). The molecule has 0 fully saturated rings. The lowest BCUT2D eigenvalue weighted by atomic mass is 9.95. The molecule has 0 saturated carbocycles. The quantitative estimate of drug-likeness (QED) is 0.791. The molecule has 2 aromatic rings. The van der Waals surface area contributed by atoms with Crippen molar-refractivity contribution in [1.29, 1.82) is 0 Å². The van der Waals surface area contributed by atoms with E-state index in [1.807, 2.05) is 12.1 Å². The van der Waals surface area contributed by atoms with Crippen molar-refractivity contribution in [2.24, 2.45) is 0 Å². The van der Waals surface area contributed by atoms with Gasteiger partial charge in [0.15, 0.2) is 0 Å². The van der Waals surface area contributed by atoms with E-state index in [9.17, 15) is 0 Å². The topological polar surface area (TPSA) is 21.3 Å². The average Bonchev–Trinajstić information content (AvgIpc) is 2.47. The Morgan fingerprint density at radius 3 is 2.62 bits per heavy atom. The lowest BCUT2D eigenvalue weighted by Gasteiger charge is -2.22. The summed E-state index contributed by atoms with van der Waals surface area (Å²) in [7, 11) is 1.63. The summed E-state index contributed by atoms with van der Waals surface area (Å²) in [5.41, 5.74) is 3.62. The number of nitrogens with one attached hydrogen (secondary N) is 1. The fourth-order valence-electron chi connectivity index (χ4n) is 2.40. The summed E-state index contributed by atoms with van der Waals surface area (Å²) in [5.74, 6) is 0.696. The molecule has 0 saturated heterocycles. The predicted octanol–water partition coefficient (Wildman–Crippen LogP) is 5.12. The summed E-state index contributed by atoms with van der Waals surface area (Å²) in [6.45, 7) is 5.10. The molecule has 0 amide bonds. The van der Waals surface area contributed by atoms with E-state index in [0.717, 1.165) is 16.6 Å². The van der Waals surface area contributed by atoms with Gasteiger partial charge in [-0.25, -0.2) is 0 Å². The van der Waals surface area contributed by atoms with Crippen LogP contribution in [0.25, 0.3) is 0 Å². The van der Waals surface area contributed by atoms with Crippen molar-refractivity contribution < 1.29 is 4.74 Å². The minimum Gasteiger partial charge on any atom is -0.495 e. The highest BCUT2D eigenvalue weighted by atomic mass is 79.9. The zero-order valence-corrected chi connectivity index (χ0v) is 14.8. The number of halogens is 2. The summed E-state index contributed by atoms with van der Waals surface area (Å²) in [6, 6.07) is 12.4. The van der Waals surface area contributed by atoms with Gasteiger partial charge in [-0.15, -0.1) is 0 Å². The molecule has 0 spiro atoms. The highest BCUT2D eigenvalue weighted by Crippen LogP contribution is 2.32. The van der Waals surface area contributed by atoms with E-state index in [4.69, 9.17) is 16.3 Å². The van der Waals surface area contributed by atoms with Crippen molar-refractivity contribution in [1.82, 2.24) is 5.32 Å². The second kappa shape index (κ2) is 7.30. The summed E-state index contributed by atoms with van der Waals surface area (Å²) in [4.78, 5) is 0. The third kappa shape index (κ3) is 3.79. The van der Waals surface area contributed by atoms with E-state index in [2.05, 4.69) is 59.4 Å². The van der Waals surface area contributed by atoms with Gasteiger partial charge < -0.3 is 10.1 Å². The minimum absolute atomic E-state index is 0.107. The predicted molar refractivity (Wildman–Crippen MR) is 92.4 cm³/mol. The van der Waals surface area contributed by atoms with Crippen LogP contribution in [0.15, 0.2) is 40.9 Å². The molecule has 0 bridgehead atoms. The number of ether oxygens (including phenoxy) is 1. The first-order valence-corrected chi connectivity index (χ1v) is 8.06. The molecule has 4 heteroatoms. The zero-order chi connectivity index (χ0) is 15.4. The summed E-state index contributed by atoms with van der Waals surface area (Å²) in [5, 5.41) is 4.16. The van der Waals surface area contributed by atoms with Gasteiger partial charge in [0.1, 0.15) is 5.75 Å². The van der Waals surface area contributed by atoms with Gasteiger partial charge in [-0.1, -0.05) is 46.6 Å². The first-order valence-electron chi connectivity index (χ1n) is 6.89. The van der Waals surface area contributed by atoms with Crippen LogP contribution in [0.2, 0.25) is 5.02 Å². The minimum atomic E-state index is 0.107. The van der Waals surface area contributed by atoms with Gasteiger partial charge >= 0.3 is 0 Å². The molecule has 1 atom stereocenters. The lowest BCUT2D eigenvalue weighted by molar-refractivity contribution is 0.414. The summed E-state index contributed by atoms with van der Waals surface area (Å²) >= 11 is 9.82. The van der Waals surface area contributed by atoms with E-state index in [-0.39, 0.29) is 6.04 Å². The Labute approximate surface area is 139 Å². The van der Waals surface area contributed by atoms with Crippen molar-refractivity contribution in [3.63, 3.8) is 0 Å². The van der Waals surface area contributed by atoms with Crippen LogP contribution in [0.3, 0.4) is 0 Å². The Kier molecular flexibility index (Phi) is 5.68. The fourth-order valence-corrected chi connectivity index (χ4v) is 3.04. The number of hydrogen-bond donors (Lipinski definition) is 1. The average molecular weight is 369 g/mol. The van der Waals surface area contributed by atoms with Crippen LogP contribution in [-0.2, 0) is 0 Å². The maximum absolute atomic E-state index is 6.27. The molecule has 0 aromatic heterocycles.